The number of hydrogen-bond acceptors (Lipinski definition) is 6. The van der Waals surface area contributed by atoms with Gasteiger partial charge in [0.05, 0.1) is 6.54 Å². The molecule has 2 saturated heterocycles. The van der Waals surface area contributed by atoms with Gasteiger partial charge in [-0.25, -0.2) is 0 Å². The molecular formula is C17H24ClN5O. The fourth-order valence-electron chi connectivity index (χ4n) is 3.45. The van der Waals surface area contributed by atoms with Gasteiger partial charge in [0.25, 0.3) is 5.89 Å². The first-order valence-electron chi connectivity index (χ1n) is 8.43. The van der Waals surface area contributed by atoms with Gasteiger partial charge in [0.1, 0.15) is 0 Å². The number of halogens is 1. The Bertz CT molecular complexity index is 621. The van der Waals surface area contributed by atoms with Crippen molar-refractivity contribution in [2.24, 2.45) is 0 Å². The van der Waals surface area contributed by atoms with E-state index in [0.29, 0.717) is 5.89 Å². The molecule has 2 aromatic rings. The highest BCUT2D eigenvalue weighted by Gasteiger charge is 2.26. The number of aromatic nitrogens is 2. The maximum Gasteiger partial charge on any atom is 0.257 e. The van der Waals surface area contributed by atoms with Crippen LogP contribution in [0.15, 0.2) is 34.9 Å². The molecule has 0 bridgehead atoms. The monoisotopic (exact) mass is 349 g/mol. The van der Waals surface area contributed by atoms with Crippen LogP contribution in [0.5, 0.6) is 0 Å². The van der Waals surface area contributed by atoms with Gasteiger partial charge in [0, 0.05) is 44.3 Å². The first-order chi connectivity index (χ1) is 11.4. The Morgan fingerprint density at radius 1 is 1.12 bits per heavy atom. The van der Waals surface area contributed by atoms with E-state index < -0.39 is 0 Å². The van der Waals surface area contributed by atoms with Crippen molar-refractivity contribution < 1.29 is 4.52 Å². The van der Waals surface area contributed by atoms with Gasteiger partial charge in [-0.15, -0.1) is 12.4 Å². The average Bonchev–Trinajstić information content (AvgIpc) is 3.28. The lowest BCUT2D eigenvalue weighted by atomic mass is 10.2. The number of benzene rings is 1. The summed E-state index contributed by atoms with van der Waals surface area (Å²) in [7, 11) is 0. The third-order valence-electron chi connectivity index (χ3n) is 4.81. The van der Waals surface area contributed by atoms with Crippen LogP contribution in [0.25, 0.3) is 11.5 Å². The summed E-state index contributed by atoms with van der Waals surface area (Å²) in [6.07, 6.45) is 1.28. The normalized spacial score (nSPS) is 22.4. The fourth-order valence-corrected chi connectivity index (χ4v) is 3.45. The van der Waals surface area contributed by atoms with Crippen LogP contribution in [-0.4, -0.2) is 65.3 Å². The molecule has 2 aliphatic rings. The van der Waals surface area contributed by atoms with Gasteiger partial charge in [0.15, 0.2) is 5.82 Å². The second kappa shape index (κ2) is 8.07. The van der Waals surface area contributed by atoms with Gasteiger partial charge >= 0.3 is 0 Å². The summed E-state index contributed by atoms with van der Waals surface area (Å²) < 4.78 is 5.39. The fraction of sp³-hybridized carbons (Fsp3) is 0.529. The highest BCUT2D eigenvalue weighted by molar-refractivity contribution is 5.85. The maximum absolute atomic E-state index is 5.39. The highest BCUT2D eigenvalue weighted by Crippen LogP contribution is 2.17. The number of nitrogens with zero attached hydrogens (tertiary/aromatic N) is 4. The van der Waals surface area contributed by atoms with Crippen LogP contribution in [0.2, 0.25) is 0 Å². The van der Waals surface area contributed by atoms with Crippen molar-refractivity contribution in [3.63, 3.8) is 0 Å². The molecule has 6 nitrogen and oxygen atoms in total. The molecule has 1 N–H and O–H groups in total. The van der Waals surface area contributed by atoms with E-state index in [1.54, 1.807) is 0 Å². The topological polar surface area (TPSA) is 57.4 Å². The minimum absolute atomic E-state index is 0. The van der Waals surface area contributed by atoms with Gasteiger partial charge in [-0.3, -0.25) is 9.80 Å². The number of piperazine rings is 1. The lowest BCUT2D eigenvalue weighted by molar-refractivity contribution is 0.0959. The molecular weight excluding hydrogens is 326 g/mol. The molecule has 0 saturated carbocycles. The third-order valence-corrected chi connectivity index (χ3v) is 4.81. The molecule has 130 valence electrons. The van der Waals surface area contributed by atoms with E-state index in [-0.39, 0.29) is 12.4 Å². The Kier molecular flexibility index (Phi) is 5.84. The van der Waals surface area contributed by atoms with Crippen molar-refractivity contribution in [1.29, 1.82) is 0 Å². The van der Waals surface area contributed by atoms with E-state index in [9.17, 15) is 0 Å². The van der Waals surface area contributed by atoms with Crippen LogP contribution >= 0.6 is 12.4 Å². The van der Waals surface area contributed by atoms with Crippen molar-refractivity contribution >= 4 is 12.4 Å². The lowest BCUT2D eigenvalue weighted by Gasteiger charge is -2.37. The zero-order valence-corrected chi connectivity index (χ0v) is 14.5. The second-order valence-electron chi connectivity index (χ2n) is 6.34. The third kappa shape index (κ3) is 3.95. The molecule has 4 rings (SSSR count). The predicted octanol–water partition coefficient (Wildman–Crippen LogP) is 1.64. The second-order valence-corrected chi connectivity index (χ2v) is 6.34. The molecule has 7 heteroatoms. The van der Waals surface area contributed by atoms with E-state index in [4.69, 9.17) is 4.52 Å². The molecule has 0 aliphatic carbocycles. The van der Waals surface area contributed by atoms with Gasteiger partial charge < -0.3 is 9.84 Å². The van der Waals surface area contributed by atoms with E-state index in [1.807, 2.05) is 30.3 Å². The van der Waals surface area contributed by atoms with Crippen LogP contribution in [-0.2, 0) is 6.54 Å². The molecule has 3 heterocycles. The van der Waals surface area contributed by atoms with Crippen LogP contribution in [0.1, 0.15) is 12.2 Å². The van der Waals surface area contributed by atoms with Gasteiger partial charge in [0.2, 0.25) is 0 Å². The molecule has 1 aromatic carbocycles. The molecule has 1 unspecified atom stereocenters. The predicted molar refractivity (Wildman–Crippen MR) is 95.1 cm³/mol. The number of nitrogens with one attached hydrogen (secondary N) is 1. The zero-order chi connectivity index (χ0) is 15.5. The number of hydrogen-bond donors (Lipinski definition) is 1. The van der Waals surface area contributed by atoms with E-state index in [1.165, 1.54) is 6.42 Å². The summed E-state index contributed by atoms with van der Waals surface area (Å²) in [5, 5.41) is 7.58. The molecule has 0 amide bonds. The van der Waals surface area contributed by atoms with Crippen molar-refractivity contribution in [2.45, 2.75) is 19.0 Å². The Morgan fingerprint density at radius 2 is 1.92 bits per heavy atom. The SMILES string of the molecule is Cl.c1ccc(-c2nc(CN3CCN(C4CCNC4)CC3)no2)cc1. The van der Waals surface area contributed by atoms with Crippen molar-refractivity contribution in [3.05, 3.63) is 36.2 Å². The summed E-state index contributed by atoms with van der Waals surface area (Å²) in [5.41, 5.74) is 0.977. The first kappa shape index (κ1) is 17.4. The van der Waals surface area contributed by atoms with Crippen LogP contribution in [0.4, 0.5) is 0 Å². The lowest BCUT2D eigenvalue weighted by Crippen LogP contribution is -2.50. The Hall–Kier alpha value is -1.47. The standard InChI is InChI=1S/C17H23N5O.ClH/c1-2-4-14(5-3-1)17-19-16(20-23-17)13-21-8-10-22(11-9-21)15-6-7-18-12-15;/h1-5,15,18H,6-13H2;1H. The highest BCUT2D eigenvalue weighted by atomic mass is 35.5. The first-order valence-corrected chi connectivity index (χ1v) is 8.43. The summed E-state index contributed by atoms with van der Waals surface area (Å²) in [5.74, 6) is 1.39. The van der Waals surface area contributed by atoms with Gasteiger partial charge in [-0.2, -0.15) is 4.98 Å². The minimum atomic E-state index is 0. The minimum Gasteiger partial charge on any atom is -0.334 e. The van der Waals surface area contributed by atoms with Gasteiger partial charge in [-0.1, -0.05) is 23.4 Å². The summed E-state index contributed by atoms with van der Waals surface area (Å²) >= 11 is 0. The van der Waals surface area contributed by atoms with Crippen LogP contribution in [0.3, 0.4) is 0 Å². The molecule has 24 heavy (non-hydrogen) atoms. The van der Waals surface area contributed by atoms with Crippen molar-refractivity contribution in [3.8, 4) is 11.5 Å². The van der Waals surface area contributed by atoms with Crippen LogP contribution in [0, 0.1) is 0 Å². The number of rotatable bonds is 4. The summed E-state index contributed by atoms with van der Waals surface area (Å²) in [4.78, 5) is 9.56. The molecule has 2 fully saturated rings. The van der Waals surface area contributed by atoms with Gasteiger partial charge in [-0.05, 0) is 25.1 Å². The Balaban J connectivity index is 0.00000169. The molecule has 0 spiro atoms. The average molecular weight is 350 g/mol. The van der Waals surface area contributed by atoms with Crippen molar-refractivity contribution in [2.75, 3.05) is 39.3 Å². The Morgan fingerprint density at radius 3 is 2.62 bits per heavy atom. The Labute approximate surface area is 148 Å². The van der Waals surface area contributed by atoms with Crippen LogP contribution < -0.4 is 5.32 Å². The van der Waals surface area contributed by atoms with E-state index in [0.717, 1.165) is 63.2 Å². The molecule has 1 aromatic heterocycles. The largest absolute Gasteiger partial charge is 0.334 e. The zero-order valence-electron chi connectivity index (χ0n) is 13.7. The summed E-state index contributed by atoms with van der Waals surface area (Å²) in [6, 6.07) is 10.7. The van der Waals surface area contributed by atoms with Crippen molar-refractivity contribution in [1.82, 2.24) is 25.3 Å². The van der Waals surface area contributed by atoms with E-state index in [2.05, 4.69) is 25.3 Å². The molecule has 1 atom stereocenters. The quantitative estimate of drug-likeness (QED) is 0.905. The van der Waals surface area contributed by atoms with E-state index >= 15 is 0 Å². The molecule has 0 radical (unpaired) electrons. The smallest absolute Gasteiger partial charge is 0.257 e. The maximum atomic E-state index is 5.39. The molecule has 2 aliphatic heterocycles. The summed E-state index contributed by atoms with van der Waals surface area (Å²) in [6.45, 7) is 7.50.